The molecule has 5 saturated heterocycles. The maximum Gasteiger partial charge on any atom is 0.490 e. The SMILES string of the molecule is C=CCC1CC[C@@H](C(=O)OCC)N1.C=CCC1CC[C@@H](C(=O)OCC)N1C(=O)OC(C)(C)C.C=CCC1CC[C@@H](C(=O)OCC)N1C(=O)[C@H](CC=C)NC(=O)OC(C)(C)C.C=CC[C@H](NC(=O)OC(C)(C)C)C(=O)O.CC.CC.CCOC(=O)[C@@H]1CC[C@@H]2C/C=C\C[C@H](NC(=O)OC)C(=O)N21.COC(=O)N[C@H]1C/C=C\C[C@H]2CC[C@@H](C(=O)O)N2C1=O.O=C(O)C(F)(F)F. The predicted molar refractivity (Wildman–Crippen MR) is 470 cm³/mol. The first-order valence-corrected chi connectivity index (χ1v) is 43.2. The van der Waals surface area contributed by atoms with Gasteiger partial charge in [-0.2, -0.15) is 13.2 Å². The molecule has 3 unspecified atom stereocenters. The van der Waals surface area contributed by atoms with E-state index in [-0.39, 0.29) is 91.9 Å². The quantitative estimate of drug-likeness (QED) is 0.0239. The van der Waals surface area contributed by atoms with Gasteiger partial charge in [-0.15, -0.1) is 32.9 Å². The van der Waals surface area contributed by atoms with E-state index in [0.29, 0.717) is 96.3 Å². The zero-order chi connectivity index (χ0) is 98.6. The Kier molecular flexibility index (Phi) is 57.1. The number of likely N-dealkylation sites (tertiary alicyclic amines) is 2. The Morgan fingerprint density at radius 2 is 0.812 bits per heavy atom. The number of nitrogens with one attached hydrogen (secondary N) is 5. The third kappa shape index (κ3) is 44.1. The Bertz CT molecular complexity index is 3650. The van der Waals surface area contributed by atoms with Gasteiger partial charge in [0.15, 0.2) is 0 Å². The molecular formula is C89H144F3N9O27. The molecule has 7 rings (SSSR count). The van der Waals surface area contributed by atoms with Crippen molar-refractivity contribution in [1.82, 2.24) is 46.2 Å². The first kappa shape index (κ1) is 119. The van der Waals surface area contributed by atoms with Gasteiger partial charge in [0.25, 0.3) is 0 Å². The summed E-state index contributed by atoms with van der Waals surface area (Å²) in [6, 6.07) is -5.94. The van der Waals surface area contributed by atoms with Gasteiger partial charge >= 0.3 is 78.4 Å². The van der Waals surface area contributed by atoms with Crippen LogP contribution in [0.1, 0.15) is 240 Å². The molecule has 7 heterocycles. The van der Waals surface area contributed by atoms with E-state index < -0.39 is 126 Å². The van der Waals surface area contributed by atoms with Crippen molar-refractivity contribution in [2.75, 3.05) is 40.6 Å². The summed E-state index contributed by atoms with van der Waals surface area (Å²) in [4.78, 5) is 181. The topological polar surface area (TPSA) is 473 Å². The molecule has 8 amide bonds. The number of carboxylic acid groups (broad SMARTS) is 3. The number of alkyl halides is 3. The zero-order valence-electron chi connectivity index (χ0n) is 78.1. The standard InChI is InChI=1S/C20H32N2O5.C15H22N2O5.C15H25NO4.C13H18N2O5.C10H17NO4.C10H17NO2.C2HF3O2.2C2H6/c1-7-10-14-12-13-16(18(24)26-9-3)22(14)17(23)15(11-8-2)21-19(25)27-20(4,5)6;1-3-22-14(19)12-9-8-10-6-4-5-7-11(13(18)17(10)12)16-15(20)21-2;1-6-8-11-9-10-12(13(17)19-7-2)16(11)14(18)20-15(3,4)5;1-20-13(19)14-9-5-3-2-4-8-6-7-10(12(17)18)15(8)11(9)16;1-5-6-7(8(12)13)11-9(14)15-10(2,3)4;1-3-5-8-6-7-9(11-8)10(12)13-4-2;3-2(4,5)1(6)7;2*1-2/h7-8,14-16H,1-2,9-13H2,3-6H3,(H,21,25);4-5,10-12H,3,6-9H2,1-2H3,(H,16,20);6,11-12H,1,7-10H2,2-5H3;2-3,8-10H,4-7H2,1H3,(H,14,19)(H,17,18);5,7H,1,6H2,2-4H3,(H,11,14)(H,12,13);3,8-9,11H,1,4-7H2,2H3;(H,6,7);2*1-2H3/b;5-4-;;3-2-;;;;;/t14?,15-,16-;10-,11-,12-;11?,12-;8-,9-,10-;7-;8?,9-;;;/m000000.../s1. The third-order valence-corrected chi connectivity index (χ3v) is 18.9. The average molecular weight is 1830 g/mol. The second-order valence-corrected chi connectivity index (χ2v) is 31.9. The number of methoxy groups -OCH3 is 2. The Morgan fingerprint density at radius 3 is 1.18 bits per heavy atom. The molecule has 0 aromatic carbocycles. The number of esters is 4. The second kappa shape index (κ2) is 61.4. The van der Waals surface area contributed by atoms with Crippen LogP contribution in [0.5, 0.6) is 0 Å². The van der Waals surface area contributed by atoms with Crippen LogP contribution in [0.3, 0.4) is 0 Å². The summed E-state index contributed by atoms with van der Waals surface area (Å²) in [5.74, 6) is -7.09. The minimum Gasteiger partial charge on any atom is -0.480 e. The van der Waals surface area contributed by atoms with E-state index in [9.17, 15) is 85.4 Å². The lowest BCUT2D eigenvalue weighted by molar-refractivity contribution is -0.192. The largest absolute Gasteiger partial charge is 0.490 e. The molecule has 0 radical (unpaired) electrons. The van der Waals surface area contributed by atoms with Gasteiger partial charge in [0, 0.05) is 30.2 Å². The maximum atomic E-state index is 13.2. The van der Waals surface area contributed by atoms with Crippen LogP contribution in [0, 0.1) is 0 Å². The van der Waals surface area contributed by atoms with E-state index in [2.05, 4.69) is 69.0 Å². The van der Waals surface area contributed by atoms with Crippen LogP contribution in [-0.4, -0.2) is 273 Å². The fourth-order valence-corrected chi connectivity index (χ4v) is 13.8. The average Bonchev–Trinajstić information content (AvgIpc) is 1.57. The molecule has 128 heavy (non-hydrogen) atoms. The molecule has 0 spiro atoms. The fourth-order valence-electron chi connectivity index (χ4n) is 13.8. The van der Waals surface area contributed by atoms with Crippen LogP contribution in [0.2, 0.25) is 0 Å². The first-order valence-electron chi connectivity index (χ1n) is 43.2. The Balaban J connectivity index is 0. The number of aliphatic carboxylic acids is 3. The lowest BCUT2D eigenvalue weighted by Gasteiger charge is -2.33. The second-order valence-electron chi connectivity index (χ2n) is 31.9. The molecular weight excluding hydrogens is 1680 g/mol. The van der Waals surface area contributed by atoms with Crippen LogP contribution in [0.15, 0.2) is 87.6 Å². The van der Waals surface area contributed by atoms with Gasteiger partial charge in [0.2, 0.25) is 17.7 Å². The van der Waals surface area contributed by atoms with Crippen LogP contribution in [-0.2, 0) is 90.6 Å². The van der Waals surface area contributed by atoms with Crippen molar-refractivity contribution >= 4 is 90.0 Å². The highest BCUT2D eigenvalue weighted by Gasteiger charge is 2.48. The van der Waals surface area contributed by atoms with Crippen LogP contribution < -0.4 is 26.6 Å². The number of carboxylic acids is 3. The molecule has 39 heteroatoms. The Labute approximate surface area is 751 Å². The lowest BCUT2D eigenvalue weighted by atomic mass is 10.0. The van der Waals surface area contributed by atoms with Crippen molar-refractivity contribution in [2.45, 2.75) is 347 Å². The summed E-state index contributed by atoms with van der Waals surface area (Å²) in [7, 11) is 2.47. The first-order chi connectivity index (χ1) is 60.0. The van der Waals surface area contributed by atoms with E-state index in [1.807, 2.05) is 85.8 Å². The summed E-state index contributed by atoms with van der Waals surface area (Å²) < 4.78 is 76.5. The van der Waals surface area contributed by atoms with Gasteiger partial charge in [-0.1, -0.05) is 82.4 Å². The van der Waals surface area contributed by atoms with Crippen molar-refractivity contribution in [3.63, 3.8) is 0 Å². The summed E-state index contributed by atoms with van der Waals surface area (Å²) >= 11 is 0. The summed E-state index contributed by atoms with van der Waals surface area (Å²) in [6.07, 6.45) is 19.2. The van der Waals surface area contributed by atoms with Crippen LogP contribution in [0.25, 0.3) is 0 Å². The predicted octanol–water partition coefficient (Wildman–Crippen LogP) is 12.8. The molecule has 728 valence electrons. The molecule has 14 atom stereocenters. The summed E-state index contributed by atoms with van der Waals surface area (Å²) in [5.41, 5.74) is -1.91. The van der Waals surface area contributed by atoms with Gasteiger partial charge < -0.3 is 99.2 Å². The number of rotatable bonds is 25. The summed E-state index contributed by atoms with van der Waals surface area (Å²) in [6.45, 7) is 50.3. The molecule has 7 aliphatic heterocycles. The normalized spacial score (nSPS) is 22.6. The van der Waals surface area contributed by atoms with E-state index in [1.165, 1.54) is 35.0 Å². The molecule has 8 N–H and O–H groups in total. The number of carbonyl (C=O) groups excluding carboxylic acids is 12. The number of fused-ring (bicyclic) bond motifs is 2. The molecule has 36 nitrogen and oxygen atoms in total. The number of alkyl carbamates (subject to hydrolysis) is 4. The minimum absolute atomic E-state index is 0.0274. The number of hydrogen-bond acceptors (Lipinski definition) is 25. The molecule has 0 bridgehead atoms. The highest BCUT2D eigenvalue weighted by molar-refractivity contribution is 5.93. The monoisotopic (exact) mass is 1830 g/mol. The van der Waals surface area contributed by atoms with Crippen molar-refractivity contribution in [3.05, 3.63) is 87.6 Å². The van der Waals surface area contributed by atoms with Crippen molar-refractivity contribution in [2.24, 2.45) is 0 Å². The smallest absolute Gasteiger partial charge is 0.480 e. The van der Waals surface area contributed by atoms with E-state index >= 15 is 0 Å². The number of amides is 8. The maximum absolute atomic E-state index is 13.2. The number of halogens is 3. The van der Waals surface area contributed by atoms with E-state index in [4.69, 9.17) is 48.2 Å². The fraction of sp³-hybridized carbons (Fsp3) is 0.674. The van der Waals surface area contributed by atoms with E-state index in [1.54, 1.807) is 85.4 Å². The molecule has 0 aromatic rings. The van der Waals surface area contributed by atoms with Gasteiger partial charge in [0.05, 0.1) is 40.6 Å². The van der Waals surface area contributed by atoms with Gasteiger partial charge in [-0.25, -0.2) is 52.7 Å². The lowest BCUT2D eigenvalue weighted by Crippen LogP contribution is -2.54. The molecule has 7 aliphatic rings. The molecule has 5 fully saturated rings. The van der Waals surface area contributed by atoms with Gasteiger partial charge in [-0.3, -0.25) is 24.1 Å². The van der Waals surface area contributed by atoms with Crippen molar-refractivity contribution < 1.29 is 143 Å². The van der Waals surface area contributed by atoms with Gasteiger partial charge in [-0.05, 0) is 212 Å². The van der Waals surface area contributed by atoms with Crippen LogP contribution >= 0.6 is 0 Å². The highest BCUT2D eigenvalue weighted by Crippen LogP contribution is 2.34. The van der Waals surface area contributed by atoms with Crippen molar-refractivity contribution in [1.29, 1.82) is 0 Å². The van der Waals surface area contributed by atoms with Crippen molar-refractivity contribution in [3.8, 4) is 0 Å². The molecule has 0 aliphatic carbocycles. The molecule has 0 aromatic heterocycles. The number of ether oxygens (including phenoxy) is 9. The Morgan fingerprint density at radius 1 is 0.461 bits per heavy atom. The highest BCUT2D eigenvalue weighted by atomic mass is 19.4. The summed E-state index contributed by atoms with van der Waals surface area (Å²) in [5, 5.41) is 38.2. The molecule has 0 saturated carbocycles. The Hall–Kier alpha value is -11.0. The number of nitrogens with zero attached hydrogens (tertiary/aromatic N) is 4. The minimum atomic E-state index is -5.08. The zero-order valence-corrected chi connectivity index (χ0v) is 78.1. The van der Waals surface area contributed by atoms with Gasteiger partial charge in [0.1, 0.15) is 71.2 Å². The number of hydrogen-bond donors (Lipinski definition) is 8. The van der Waals surface area contributed by atoms with Crippen LogP contribution in [0.4, 0.5) is 37.1 Å². The third-order valence-electron chi connectivity index (χ3n) is 18.9. The van der Waals surface area contributed by atoms with E-state index in [0.717, 1.165) is 32.1 Å². The number of carbonyl (C=O) groups is 15.